The van der Waals surface area contributed by atoms with Crippen molar-refractivity contribution in [2.75, 3.05) is 0 Å². The fourth-order valence-electron chi connectivity index (χ4n) is 3.56. The Morgan fingerprint density at radius 2 is 1.81 bits per heavy atom. The van der Waals surface area contributed by atoms with E-state index in [0.717, 1.165) is 39.3 Å². The number of pyridine rings is 2. The number of rotatable bonds is 4. The van der Waals surface area contributed by atoms with E-state index in [-0.39, 0.29) is 6.10 Å². The van der Waals surface area contributed by atoms with Crippen LogP contribution in [0.25, 0.3) is 32.9 Å². The number of ether oxygens (including phenoxy) is 1. The van der Waals surface area contributed by atoms with Crippen LogP contribution in [0.1, 0.15) is 25.8 Å². The first kappa shape index (κ1) is 16.2. The standard InChI is InChI=1S/C21H17F2N3O/c22-21(23)26-18-8-9-24-12-17(18)16-6-4-13(10-19(16)26)14-5-7-20(25-11-14)27-15-2-1-3-15/h4-12,15,21H,1-3H2. The van der Waals surface area contributed by atoms with Gasteiger partial charge in [0.1, 0.15) is 6.10 Å². The summed E-state index contributed by atoms with van der Waals surface area (Å²) in [4.78, 5) is 8.45. The molecule has 0 spiro atoms. The van der Waals surface area contributed by atoms with E-state index in [1.807, 2.05) is 24.3 Å². The highest BCUT2D eigenvalue weighted by Crippen LogP contribution is 2.35. The van der Waals surface area contributed by atoms with E-state index < -0.39 is 6.55 Å². The van der Waals surface area contributed by atoms with Crippen molar-refractivity contribution in [2.45, 2.75) is 31.9 Å². The van der Waals surface area contributed by atoms with Crippen LogP contribution in [0, 0.1) is 0 Å². The van der Waals surface area contributed by atoms with Crippen molar-refractivity contribution in [1.82, 2.24) is 14.5 Å². The summed E-state index contributed by atoms with van der Waals surface area (Å²) >= 11 is 0. The van der Waals surface area contributed by atoms with Gasteiger partial charge in [-0.2, -0.15) is 8.78 Å². The van der Waals surface area contributed by atoms with E-state index in [2.05, 4.69) is 9.97 Å². The van der Waals surface area contributed by atoms with Gasteiger partial charge >= 0.3 is 6.55 Å². The summed E-state index contributed by atoms with van der Waals surface area (Å²) in [6.45, 7) is -2.63. The summed E-state index contributed by atoms with van der Waals surface area (Å²) < 4.78 is 34.3. The summed E-state index contributed by atoms with van der Waals surface area (Å²) in [7, 11) is 0. The molecular weight excluding hydrogens is 348 g/mol. The van der Waals surface area contributed by atoms with Crippen molar-refractivity contribution in [3.8, 4) is 17.0 Å². The number of fused-ring (bicyclic) bond motifs is 3. The Morgan fingerprint density at radius 1 is 0.963 bits per heavy atom. The normalized spacial score (nSPS) is 14.8. The number of halogens is 2. The third-order valence-electron chi connectivity index (χ3n) is 5.21. The molecule has 1 saturated carbocycles. The van der Waals surface area contributed by atoms with Crippen LogP contribution >= 0.6 is 0 Å². The highest BCUT2D eigenvalue weighted by molar-refractivity contribution is 6.08. The van der Waals surface area contributed by atoms with Gasteiger partial charge in [0.15, 0.2) is 0 Å². The molecule has 4 nitrogen and oxygen atoms in total. The highest BCUT2D eigenvalue weighted by Gasteiger charge is 2.20. The first-order valence-electron chi connectivity index (χ1n) is 8.99. The second-order valence-electron chi connectivity index (χ2n) is 6.83. The molecule has 27 heavy (non-hydrogen) atoms. The van der Waals surface area contributed by atoms with Crippen molar-refractivity contribution >= 4 is 21.8 Å². The lowest BCUT2D eigenvalue weighted by molar-refractivity contribution is 0.0796. The predicted molar refractivity (Wildman–Crippen MR) is 100.0 cm³/mol. The smallest absolute Gasteiger partial charge is 0.319 e. The Balaban J connectivity index is 1.57. The molecule has 1 aliphatic carbocycles. The molecule has 1 fully saturated rings. The molecule has 1 aliphatic rings. The van der Waals surface area contributed by atoms with E-state index in [1.165, 1.54) is 12.6 Å². The largest absolute Gasteiger partial charge is 0.474 e. The summed E-state index contributed by atoms with van der Waals surface area (Å²) in [5.74, 6) is 0.609. The van der Waals surface area contributed by atoms with Crippen LogP contribution in [-0.4, -0.2) is 20.6 Å². The number of alkyl halides is 2. The van der Waals surface area contributed by atoms with Crippen LogP contribution < -0.4 is 4.74 Å². The maximum Gasteiger partial charge on any atom is 0.319 e. The summed E-state index contributed by atoms with van der Waals surface area (Å²) in [6.07, 6.45) is 8.52. The SMILES string of the molecule is FC(F)n1c2ccncc2c2ccc(-c3ccc(OC4CCC4)nc3)cc21. The highest BCUT2D eigenvalue weighted by atomic mass is 19.3. The number of nitrogens with zero attached hydrogens (tertiary/aromatic N) is 3. The molecule has 0 aliphatic heterocycles. The van der Waals surface area contributed by atoms with Crippen LogP contribution in [0.15, 0.2) is 55.0 Å². The average molecular weight is 365 g/mol. The van der Waals surface area contributed by atoms with E-state index in [9.17, 15) is 8.78 Å². The zero-order valence-electron chi connectivity index (χ0n) is 14.5. The summed E-state index contributed by atoms with van der Waals surface area (Å²) in [5, 5.41) is 1.49. The monoisotopic (exact) mass is 365 g/mol. The van der Waals surface area contributed by atoms with Crippen molar-refractivity contribution < 1.29 is 13.5 Å². The van der Waals surface area contributed by atoms with Gasteiger partial charge < -0.3 is 4.74 Å². The Hall–Kier alpha value is -3.02. The Labute approximate surface area is 154 Å². The molecule has 3 aromatic heterocycles. The first-order chi connectivity index (χ1) is 13.2. The molecule has 4 aromatic rings. The number of hydrogen-bond donors (Lipinski definition) is 0. The molecule has 0 N–H and O–H groups in total. The van der Waals surface area contributed by atoms with Crippen LogP contribution in [0.3, 0.4) is 0 Å². The lowest BCUT2D eigenvalue weighted by atomic mass is 9.96. The molecule has 3 heterocycles. The minimum Gasteiger partial charge on any atom is -0.474 e. The van der Waals surface area contributed by atoms with Gasteiger partial charge in [0, 0.05) is 41.0 Å². The van der Waals surface area contributed by atoms with Gasteiger partial charge in [-0.05, 0) is 43.0 Å². The topological polar surface area (TPSA) is 39.9 Å². The van der Waals surface area contributed by atoms with E-state index in [1.54, 1.807) is 24.5 Å². The van der Waals surface area contributed by atoms with E-state index in [0.29, 0.717) is 16.9 Å². The molecular formula is C21H17F2N3O. The first-order valence-corrected chi connectivity index (χ1v) is 8.99. The molecule has 6 heteroatoms. The molecule has 0 radical (unpaired) electrons. The predicted octanol–water partition coefficient (Wildman–Crippen LogP) is 5.58. The van der Waals surface area contributed by atoms with Crippen LogP contribution in [0.5, 0.6) is 5.88 Å². The number of aromatic nitrogens is 3. The fourth-order valence-corrected chi connectivity index (χ4v) is 3.56. The molecule has 0 saturated heterocycles. The van der Waals surface area contributed by atoms with Crippen molar-refractivity contribution in [2.24, 2.45) is 0 Å². The minimum atomic E-state index is -2.63. The Kier molecular flexibility index (Phi) is 3.77. The summed E-state index contributed by atoms with van der Waals surface area (Å²) in [5.41, 5.74) is 2.67. The summed E-state index contributed by atoms with van der Waals surface area (Å²) in [6, 6.07) is 10.9. The van der Waals surface area contributed by atoms with Crippen molar-refractivity contribution in [1.29, 1.82) is 0 Å². The lowest BCUT2D eigenvalue weighted by Gasteiger charge is -2.25. The number of hydrogen-bond acceptors (Lipinski definition) is 3. The average Bonchev–Trinajstić information content (AvgIpc) is 2.99. The Morgan fingerprint density at radius 3 is 2.52 bits per heavy atom. The molecule has 5 rings (SSSR count). The number of benzene rings is 1. The van der Waals surface area contributed by atoms with Crippen molar-refractivity contribution in [3.05, 3.63) is 55.0 Å². The third-order valence-corrected chi connectivity index (χ3v) is 5.21. The lowest BCUT2D eigenvalue weighted by Crippen LogP contribution is -2.24. The molecule has 0 amide bonds. The van der Waals surface area contributed by atoms with Gasteiger partial charge in [-0.15, -0.1) is 0 Å². The molecule has 0 atom stereocenters. The quantitative estimate of drug-likeness (QED) is 0.474. The van der Waals surface area contributed by atoms with E-state index >= 15 is 0 Å². The van der Waals surface area contributed by atoms with Gasteiger partial charge in [-0.3, -0.25) is 9.55 Å². The van der Waals surface area contributed by atoms with E-state index in [4.69, 9.17) is 4.74 Å². The van der Waals surface area contributed by atoms with Crippen LogP contribution in [0.2, 0.25) is 0 Å². The van der Waals surface area contributed by atoms with Crippen LogP contribution in [-0.2, 0) is 0 Å². The fraction of sp³-hybridized carbons (Fsp3) is 0.238. The zero-order chi connectivity index (χ0) is 18.4. The molecule has 136 valence electrons. The van der Waals surface area contributed by atoms with Gasteiger partial charge in [-0.1, -0.05) is 12.1 Å². The maximum atomic E-state index is 13.7. The maximum absolute atomic E-state index is 13.7. The van der Waals surface area contributed by atoms with Gasteiger partial charge in [0.05, 0.1) is 11.0 Å². The minimum absolute atomic E-state index is 0.273. The van der Waals surface area contributed by atoms with Gasteiger partial charge in [0.2, 0.25) is 5.88 Å². The molecule has 0 unspecified atom stereocenters. The zero-order valence-corrected chi connectivity index (χ0v) is 14.5. The Bertz CT molecular complexity index is 1120. The molecule has 1 aromatic carbocycles. The van der Waals surface area contributed by atoms with Crippen molar-refractivity contribution in [3.63, 3.8) is 0 Å². The second kappa shape index (κ2) is 6.30. The second-order valence-corrected chi connectivity index (χ2v) is 6.83. The van der Waals surface area contributed by atoms with Crippen LogP contribution in [0.4, 0.5) is 8.78 Å². The molecule has 0 bridgehead atoms. The van der Waals surface area contributed by atoms with Gasteiger partial charge in [-0.25, -0.2) is 4.98 Å². The third kappa shape index (κ3) is 2.72. The van der Waals surface area contributed by atoms with Gasteiger partial charge in [0.25, 0.3) is 0 Å².